The number of carbonyl (C=O) groups is 2. The van der Waals surface area contributed by atoms with E-state index in [2.05, 4.69) is 29.4 Å². The van der Waals surface area contributed by atoms with Crippen LogP contribution >= 0.6 is 23.1 Å². The maximum absolute atomic E-state index is 12.8. The number of rotatable bonds is 9. The highest BCUT2D eigenvalue weighted by molar-refractivity contribution is 8.01. The number of thioether (sulfide) groups is 1. The van der Waals surface area contributed by atoms with E-state index in [4.69, 9.17) is 5.11 Å². The van der Waals surface area contributed by atoms with Crippen LogP contribution in [-0.2, 0) is 4.79 Å². The quantitative estimate of drug-likeness (QED) is 0.473. The highest BCUT2D eigenvalue weighted by atomic mass is 32.2. The third-order valence-electron chi connectivity index (χ3n) is 4.39. The highest BCUT2D eigenvalue weighted by Crippen LogP contribution is 2.27. The van der Waals surface area contributed by atoms with Gasteiger partial charge in [-0.1, -0.05) is 56.2 Å². The Balaban J connectivity index is 1.92. The van der Waals surface area contributed by atoms with Crippen LogP contribution in [0.3, 0.4) is 0 Å². The lowest BCUT2D eigenvalue weighted by atomic mass is 9.94. The zero-order valence-electron chi connectivity index (χ0n) is 15.4. The first kappa shape index (κ1) is 21.0. The van der Waals surface area contributed by atoms with Crippen molar-refractivity contribution >= 4 is 40.2 Å². The molecule has 0 aliphatic heterocycles. The molecule has 2 rings (SSSR count). The van der Waals surface area contributed by atoms with Gasteiger partial charge in [0.25, 0.3) is 0 Å². The number of carboxylic acids is 1. The molecule has 2 N–H and O–H groups in total. The number of urea groups is 1. The summed E-state index contributed by atoms with van der Waals surface area (Å²) in [5.41, 5.74) is 0. The average molecular weight is 401 g/mol. The van der Waals surface area contributed by atoms with Gasteiger partial charge in [0.2, 0.25) is 5.13 Å². The Morgan fingerprint density at radius 2 is 2.04 bits per heavy atom. The van der Waals surface area contributed by atoms with Crippen molar-refractivity contribution in [1.82, 2.24) is 15.1 Å². The molecule has 1 fully saturated rings. The van der Waals surface area contributed by atoms with Gasteiger partial charge in [-0.25, -0.2) is 4.79 Å². The molecule has 2 amide bonds. The second-order valence-electron chi connectivity index (χ2n) is 6.96. The lowest BCUT2D eigenvalue weighted by Gasteiger charge is -2.34. The molecule has 0 radical (unpaired) electrons. The third-order valence-corrected chi connectivity index (χ3v) is 6.36. The molecule has 1 aromatic rings. The minimum absolute atomic E-state index is 0.0800. The van der Waals surface area contributed by atoms with E-state index in [1.54, 1.807) is 0 Å². The number of hydrogen-bond donors (Lipinski definition) is 2. The Morgan fingerprint density at radius 1 is 1.31 bits per heavy atom. The number of nitrogens with one attached hydrogen (secondary N) is 1. The molecule has 26 heavy (non-hydrogen) atoms. The van der Waals surface area contributed by atoms with Crippen LogP contribution < -0.4 is 5.32 Å². The van der Waals surface area contributed by atoms with E-state index in [0.717, 1.165) is 25.8 Å². The maximum atomic E-state index is 12.8. The SMILES string of the molecule is CC(C)CCN(C(=O)Nc1nnc(SCCC(=O)O)s1)C1CCCCC1. The maximum Gasteiger partial charge on any atom is 0.323 e. The summed E-state index contributed by atoms with van der Waals surface area (Å²) in [7, 11) is 0. The van der Waals surface area contributed by atoms with Gasteiger partial charge < -0.3 is 10.0 Å². The van der Waals surface area contributed by atoms with Crippen LogP contribution in [0.4, 0.5) is 9.93 Å². The highest BCUT2D eigenvalue weighted by Gasteiger charge is 2.26. The Bertz CT molecular complexity index is 588. The topological polar surface area (TPSA) is 95.4 Å². The van der Waals surface area contributed by atoms with E-state index >= 15 is 0 Å². The Kier molecular flexibility index (Phi) is 8.64. The number of carbonyl (C=O) groups excluding carboxylic acids is 1. The molecule has 0 aromatic carbocycles. The molecule has 0 atom stereocenters. The van der Waals surface area contributed by atoms with E-state index in [1.807, 2.05) is 4.90 Å². The van der Waals surface area contributed by atoms with Crippen molar-refractivity contribution in [2.45, 2.75) is 69.2 Å². The van der Waals surface area contributed by atoms with Gasteiger partial charge in [0.1, 0.15) is 0 Å². The molecule has 9 heteroatoms. The molecule has 1 heterocycles. The minimum atomic E-state index is -0.830. The van der Waals surface area contributed by atoms with Gasteiger partial charge in [-0.05, 0) is 25.2 Å². The molecule has 0 unspecified atom stereocenters. The number of amides is 2. The Morgan fingerprint density at radius 3 is 2.69 bits per heavy atom. The van der Waals surface area contributed by atoms with Crippen molar-refractivity contribution in [2.75, 3.05) is 17.6 Å². The summed E-state index contributed by atoms with van der Waals surface area (Å²) in [6.07, 6.45) is 6.81. The number of carboxylic acid groups (broad SMARTS) is 1. The fourth-order valence-corrected chi connectivity index (χ4v) is 4.69. The van der Waals surface area contributed by atoms with Crippen LogP contribution in [0.5, 0.6) is 0 Å². The number of hydrogen-bond acceptors (Lipinski definition) is 6. The van der Waals surface area contributed by atoms with Crippen molar-refractivity contribution in [3.05, 3.63) is 0 Å². The van der Waals surface area contributed by atoms with Gasteiger partial charge >= 0.3 is 12.0 Å². The van der Waals surface area contributed by atoms with E-state index in [0.29, 0.717) is 27.2 Å². The lowest BCUT2D eigenvalue weighted by molar-refractivity contribution is -0.136. The van der Waals surface area contributed by atoms with Crippen molar-refractivity contribution in [2.24, 2.45) is 5.92 Å². The number of aliphatic carboxylic acids is 1. The molecule has 0 bridgehead atoms. The fraction of sp³-hybridized carbons (Fsp3) is 0.765. The molecule has 1 saturated carbocycles. The van der Waals surface area contributed by atoms with Crippen LogP contribution in [0, 0.1) is 5.92 Å². The molecular weight excluding hydrogens is 372 g/mol. The second-order valence-corrected chi connectivity index (χ2v) is 9.28. The summed E-state index contributed by atoms with van der Waals surface area (Å²) >= 11 is 2.64. The van der Waals surface area contributed by atoms with Crippen LogP contribution in [0.25, 0.3) is 0 Å². The first-order valence-corrected chi connectivity index (χ1v) is 11.0. The lowest BCUT2D eigenvalue weighted by Crippen LogP contribution is -2.44. The van der Waals surface area contributed by atoms with Crippen molar-refractivity contribution in [1.29, 1.82) is 0 Å². The average Bonchev–Trinajstić information content (AvgIpc) is 3.02. The van der Waals surface area contributed by atoms with Crippen LogP contribution in [-0.4, -0.2) is 50.5 Å². The van der Waals surface area contributed by atoms with Gasteiger partial charge in [0, 0.05) is 18.3 Å². The summed E-state index contributed by atoms with van der Waals surface area (Å²) in [6.45, 7) is 5.10. The molecule has 1 aromatic heterocycles. The molecule has 146 valence electrons. The number of anilines is 1. The summed E-state index contributed by atoms with van der Waals surface area (Å²) in [6, 6.07) is 0.204. The van der Waals surface area contributed by atoms with Crippen LogP contribution in [0.1, 0.15) is 58.8 Å². The summed E-state index contributed by atoms with van der Waals surface area (Å²) in [4.78, 5) is 25.3. The minimum Gasteiger partial charge on any atom is -0.481 e. The molecular formula is C17H28N4O3S2. The van der Waals surface area contributed by atoms with Gasteiger partial charge in [0.05, 0.1) is 6.42 Å². The third kappa shape index (κ3) is 7.11. The first-order chi connectivity index (χ1) is 12.5. The molecule has 0 saturated heterocycles. The van der Waals surface area contributed by atoms with E-state index in [9.17, 15) is 9.59 Å². The van der Waals surface area contributed by atoms with E-state index in [-0.39, 0.29) is 12.5 Å². The Labute approximate surface area is 162 Å². The molecule has 7 nitrogen and oxygen atoms in total. The van der Waals surface area contributed by atoms with E-state index in [1.165, 1.54) is 42.4 Å². The summed E-state index contributed by atoms with van der Waals surface area (Å²) in [5, 5.41) is 20.1. The molecule has 1 aliphatic carbocycles. The second kappa shape index (κ2) is 10.7. The van der Waals surface area contributed by atoms with Crippen LogP contribution in [0.15, 0.2) is 4.34 Å². The number of aromatic nitrogens is 2. The zero-order chi connectivity index (χ0) is 18.9. The van der Waals surface area contributed by atoms with Gasteiger partial charge in [-0.3, -0.25) is 10.1 Å². The van der Waals surface area contributed by atoms with E-state index < -0.39 is 5.97 Å². The number of nitrogens with zero attached hydrogens (tertiary/aromatic N) is 3. The first-order valence-electron chi connectivity index (χ1n) is 9.21. The van der Waals surface area contributed by atoms with Crippen molar-refractivity contribution in [3.63, 3.8) is 0 Å². The summed E-state index contributed by atoms with van der Waals surface area (Å²) < 4.78 is 0.674. The van der Waals surface area contributed by atoms with Crippen molar-refractivity contribution in [3.8, 4) is 0 Å². The standard InChI is InChI=1S/C17H28N4O3S2/c1-12(2)8-10-21(13-6-4-3-5-7-13)16(24)18-15-19-20-17(26-15)25-11-9-14(22)23/h12-13H,3-11H2,1-2H3,(H,22,23)(H,18,19,24). The van der Waals surface area contributed by atoms with Crippen LogP contribution in [0.2, 0.25) is 0 Å². The predicted molar refractivity (Wildman–Crippen MR) is 105 cm³/mol. The molecule has 1 aliphatic rings. The normalized spacial score (nSPS) is 15.2. The van der Waals surface area contributed by atoms with Crippen molar-refractivity contribution < 1.29 is 14.7 Å². The van der Waals surface area contributed by atoms with Gasteiger partial charge in [-0.2, -0.15) is 0 Å². The zero-order valence-corrected chi connectivity index (χ0v) is 17.1. The van der Waals surface area contributed by atoms with Gasteiger partial charge in [0.15, 0.2) is 4.34 Å². The fourth-order valence-electron chi connectivity index (χ4n) is 2.95. The monoisotopic (exact) mass is 400 g/mol. The van der Waals surface area contributed by atoms with Gasteiger partial charge in [-0.15, -0.1) is 10.2 Å². The summed E-state index contributed by atoms with van der Waals surface area (Å²) in [5.74, 6) is 0.164. The molecule has 0 spiro atoms. The predicted octanol–water partition coefficient (Wildman–Crippen LogP) is 4.32. The Hall–Kier alpha value is -1.35. The smallest absolute Gasteiger partial charge is 0.323 e. The largest absolute Gasteiger partial charge is 0.481 e.